The minimum Gasteiger partial charge on any atom is -0.459 e. The van der Waals surface area contributed by atoms with Crippen molar-refractivity contribution in [2.24, 2.45) is 4.99 Å². The minimum absolute atomic E-state index is 0.260. The number of hydrogen-bond donors (Lipinski definition) is 0. The van der Waals surface area contributed by atoms with Gasteiger partial charge in [-0.05, 0) is 44.5 Å². The molecule has 0 spiro atoms. The maximum atomic E-state index is 13.5. The number of esters is 1. The van der Waals surface area contributed by atoms with Crippen LogP contribution in [0.1, 0.15) is 38.1 Å². The van der Waals surface area contributed by atoms with Crippen molar-refractivity contribution in [1.82, 2.24) is 4.57 Å². The lowest BCUT2D eigenvalue weighted by Crippen LogP contribution is -2.40. The zero-order valence-electron chi connectivity index (χ0n) is 19.0. The molecule has 0 N–H and O–H groups in total. The lowest BCUT2D eigenvalue weighted by atomic mass is 9.96. The zero-order chi connectivity index (χ0) is 23.9. The van der Waals surface area contributed by atoms with Crippen molar-refractivity contribution in [2.75, 3.05) is 19.0 Å². The Labute approximate surface area is 199 Å². The summed E-state index contributed by atoms with van der Waals surface area (Å²) in [5, 5.41) is 0.563. The number of allylic oxidation sites excluding steroid dienone is 1. The summed E-state index contributed by atoms with van der Waals surface area (Å²) >= 11 is 7.34. The summed E-state index contributed by atoms with van der Waals surface area (Å²) in [6.07, 6.45) is 1.39. The molecule has 0 unspecified atom stereocenters. The number of rotatable bonds is 5. The highest BCUT2D eigenvalue weighted by Crippen LogP contribution is 2.31. The van der Waals surface area contributed by atoms with Gasteiger partial charge in [0.2, 0.25) is 0 Å². The molecule has 0 bridgehead atoms. The standard InChI is InChI=1S/C24H24ClN3O4S/c1-13(2)31-23(30)20-14(3)26-24-28(21(20)15-6-8-16(25)9-7-15)22(29)18(33-24)12-17-10-11-19(32-17)27(4)5/h6-13,21H,1-5H3/b18-12+/t21-/m1/s1. The number of halogens is 1. The number of fused-ring (bicyclic) bond motifs is 1. The minimum atomic E-state index is -0.680. The van der Waals surface area contributed by atoms with Crippen LogP contribution in [0.3, 0.4) is 0 Å². The van der Waals surface area contributed by atoms with Crippen molar-refractivity contribution >= 4 is 40.9 Å². The van der Waals surface area contributed by atoms with E-state index in [1.165, 1.54) is 11.3 Å². The number of anilines is 1. The van der Waals surface area contributed by atoms with Gasteiger partial charge in [-0.2, -0.15) is 0 Å². The van der Waals surface area contributed by atoms with E-state index in [9.17, 15) is 9.59 Å². The van der Waals surface area contributed by atoms with Crippen LogP contribution in [0.4, 0.5) is 5.88 Å². The Hall–Kier alpha value is -3.10. The van der Waals surface area contributed by atoms with Crippen LogP contribution in [0.15, 0.2) is 61.9 Å². The van der Waals surface area contributed by atoms with Crippen molar-refractivity contribution in [3.8, 4) is 0 Å². The van der Waals surface area contributed by atoms with Crippen molar-refractivity contribution < 1.29 is 13.9 Å². The Balaban J connectivity index is 1.91. The first-order valence-electron chi connectivity index (χ1n) is 10.4. The lowest BCUT2D eigenvalue weighted by Gasteiger charge is -2.25. The number of nitrogens with zero attached hydrogens (tertiary/aromatic N) is 3. The SMILES string of the molecule is CC1=C(C(=O)OC(C)C)[C@@H](c2ccc(Cl)cc2)n2c(s/c(=C/c3ccc(N(C)C)o3)c2=O)=N1. The first-order valence-corrected chi connectivity index (χ1v) is 11.6. The molecule has 3 aromatic rings. The van der Waals surface area contributed by atoms with Crippen molar-refractivity contribution in [2.45, 2.75) is 32.9 Å². The largest absolute Gasteiger partial charge is 0.459 e. The molecular formula is C24H24ClN3O4S. The monoisotopic (exact) mass is 485 g/mol. The molecule has 4 rings (SSSR count). The van der Waals surface area contributed by atoms with Gasteiger partial charge in [-0.1, -0.05) is 35.1 Å². The number of furan rings is 1. The Morgan fingerprint density at radius 1 is 1.24 bits per heavy atom. The van der Waals surface area contributed by atoms with Crippen molar-refractivity contribution in [1.29, 1.82) is 0 Å². The van der Waals surface area contributed by atoms with E-state index in [4.69, 9.17) is 20.8 Å². The third kappa shape index (κ3) is 4.54. The van der Waals surface area contributed by atoms with Crippen LogP contribution in [0, 0.1) is 0 Å². The summed E-state index contributed by atoms with van der Waals surface area (Å²) in [4.78, 5) is 33.5. The maximum absolute atomic E-state index is 13.5. The molecule has 0 saturated carbocycles. The molecule has 0 amide bonds. The van der Waals surface area contributed by atoms with Gasteiger partial charge in [0.15, 0.2) is 10.7 Å². The summed E-state index contributed by atoms with van der Waals surface area (Å²) < 4.78 is 13.3. The molecule has 7 nitrogen and oxygen atoms in total. The van der Waals surface area contributed by atoms with Crippen LogP contribution < -0.4 is 19.8 Å². The molecule has 1 aliphatic rings. The highest BCUT2D eigenvalue weighted by Gasteiger charge is 2.33. The van der Waals surface area contributed by atoms with Gasteiger partial charge >= 0.3 is 5.97 Å². The number of thiazole rings is 1. The third-order valence-corrected chi connectivity index (χ3v) is 6.33. The van der Waals surface area contributed by atoms with Crippen LogP contribution in [0.25, 0.3) is 6.08 Å². The van der Waals surface area contributed by atoms with Gasteiger partial charge in [0.05, 0.1) is 27.9 Å². The summed E-state index contributed by atoms with van der Waals surface area (Å²) in [6, 6.07) is 10.0. The zero-order valence-corrected chi connectivity index (χ0v) is 20.5. The van der Waals surface area contributed by atoms with E-state index < -0.39 is 12.0 Å². The van der Waals surface area contributed by atoms with Gasteiger partial charge in [-0.3, -0.25) is 9.36 Å². The van der Waals surface area contributed by atoms with Gasteiger partial charge in [0.1, 0.15) is 5.76 Å². The fourth-order valence-electron chi connectivity index (χ4n) is 3.61. The quantitative estimate of drug-likeness (QED) is 0.517. The van der Waals surface area contributed by atoms with Crippen LogP contribution in [0.5, 0.6) is 0 Å². The topological polar surface area (TPSA) is 77.0 Å². The molecule has 3 heterocycles. The maximum Gasteiger partial charge on any atom is 0.338 e. The van der Waals surface area contributed by atoms with E-state index >= 15 is 0 Å². The summed E-state index contributed by atoms with van der Waals surface area (Å²) in [6.45, 7) is 5.32. The van der Waals surface area contributed by atoms with Crippen LogP contribution in [0.2, 0.25) is 5.02 Å². The number of hydrogen-bond acceptors (Lipinski definition) is 7. The molecule has 1 aliphatic heterocycles. The van der Waals surface area contributed by atoms with Crippen molar-refractivity contribution in [3.05, 3.63) is 83.7 Å². The second-order valence-electron chi connectivity index (χ2n) is 8.16. The third-order valence-electron chi connectivity index (χ3n) is 5.10. The van der Waals surface area contributed by atoms with E-state index in [2.05, 4.69) is 4.99 Å². The fourth-order valence-corrected chi connectivity index (χ4v) is 4.76. The fraction of sp³-hybridized carbons (Fsp3) is 0.292. The van der Waals surface area contributed by atoms with Crippen LogP contribution in [-0.4, -0.2) is 30.7 Å². The highest BCUT2D eigenvalue weighted by atomic mass is 35.5. The van der Waals surface area contributed by atoms with E-state index in [1.54, 1.807) is 61.7 Å². The molecular weight excluding hydrogens is 462 g/mol. The number of benzene rings is 1. The molecule has 0 radical (unpaired) electrons. The van der Waals surface area contributed by atoms with E-state index in [1.807, 2.05) is 25.1 Å². The average molecular weight is 486 g/mol. The predicted octanol–water partition coefficient (Wildman–Crippen LogP) is 3.50. The number of aromatic nitrogens is 1. The molecule has 0 fully saturated rings. The van der Waals surface area contributed by atoms with Gasteiger partial charge in [0.25, 0.3) is 5.56 Å². The second-order valence-corrected chi connectivity index (χ2v) is 9.60. The number of ether oxygens (including phenoxy) is 1. The van der Waals surface area contributed by atoms with E-state index in [0.717, 1.165) is 5.56 Å². The van der Waals surface area contributed by atoms with Gasteiger partial charge in [0, 0.05) is 31.3 Å². The molecule has 0 aliphatic carbocycles. The molecule has 1 aromatic carbocycles. The number of carbonyl (C=O) groups excluding carboxylic acids is 1. The van der Waals surface area contributed by atoms with E-state index in [-0.39, 0.29) is 11.7 Å². The van der Waals surface area contributed by atoms with E-state index in [0.29, 0.717) is 37.3 Å². The highest BCUT2D eigenvalue weighted by molar-refractivity contribution is 7.07. The number of carbonyl (C=O) groups is 1. The molecule has 0 saturated heterocycles. The normalized spacial score (nSPS) is 16.1. The van der Waals surface area contributed by atoms with Crippen LogP contribution in [-0.2, 0) is 9.53 Å². The van der Waals surface area contributed by atoms with Crippen LogP contribution >= 0.6 is 22.9 Å². The average Bonchev–Trinajstić information content (AvgIpc) is 3.32. The Kier molecular flexibility index (Phi) is 6.32. The van der Waals surface area contributed by atoms with Gasteiger partial charge in [-0.25, -0.2) is 9.79 Å². The van der Waals surface area contributed by atoms with Gasteiger partial charge < -0.3 is 14.1 Å². The summed E-state index contributed by atoms with van der Waals surface area (Å²) in [5.74, 6) is 0.743. The first kappa shape index (κ1) is 23.1. The Morgan fingerprint density at radius 2 is 1.94 bits per heavy atom. The Morgan fingerprint density at radius 3 is 2.55 bits per heavy atom. The lowest BCUT2D eigenvalue weighted by molar-refractivity contribution is -0.143. The molecule has 1 atom stereocenters. The van der Waals surface area contributed by atoms with Gasteiger partial charge in [-0.15, -0.1) is 0 Å². The molecule has 172 valence electrons. The van der Waals surface area contributed by atoms with Crippen molar-refractivity contribution in [3.63, 3.8) is 0 Å². The summed E-state index contributed by atoms with van der Waals surface area (Å²) in [7, 11) is 3.76. The molecule has 9 heteroatoms. The Bertz CT molecular complexity index is 1410. The second kappa shape index (κ2) is 9.03. The molecule has 33 heavy (non-hydrogen) atoms. The summed E-state index contributed by atoms with van der Waals surface area (Å²) in [5.41, 5.74) is 1.33. The first-order chi connectivity index (χ1) is 15.7. The smallest absolute Gasteiger partial charge is 0.338 e. The predicted molar refractivity (Wildman–Crippen MR) is 129 cm³/mol. The molecule has 2 aromatic heterocycles.